The molecule has 1 fully saturated rings. The van der Waals surface area contributed by atoms with Gasteiger partial charge < -0.3 is 5.11 Å². The molecule has 2 rings (SSSR count). The molecular weight excluding hydrogens is 172 g/mol. The molecule has 1 atom stereocenters. The lowest BCUT2D eigenvalue weighted by molar-refractivity contribution is -0.00332. The van der Waals surface area contributed by atoms with Crippen LogP contribution in [0.4, 0.5) is 0 Å². The highest BCUT2D eigenvalue weighted by Crippen LogP contribution is 2.39. The zero-order valence-corrected chi connectivity index (χ0v) is 8.74. The molecule has 0 saturated heterocycles. The summed E-state index contributed by atoms with van der Waals surface area (Å²) >= 11 is 0. The predicted molar refractivity (Wildman–Crippen MR) is 58.0 cm³/mol. The third-order valence-electron chi connectivity index (χ3n) is 3.51. The van der Waals surface area contributed by atoms with Crippen molar-refractivity contribution < 1.29 is 5.11 Å². The van der Waals surface area contributed by atoms with Gasteiger partial charge in [-0.2, -0.15) is 0 Å². The minimum atomic E-state index is -0.627. The molecule has 0 heterocycles. The van der Waals surface area contributed by atoms with Crippen LogP contribution in [0.1, 0.15) is 38.2 Å². The van der Waals surface area contributed by atoms with Gasteiger partial charge >= 0.3 is 0 Å². The molecule has 0 unspecified atom stereocenters. The molecule has 1 nitrogen and oxygen atoms in total. The van der Waals surface area contributed by atoms with Crippen molar-refractivity contribution in [2.45, 2.75) is 38.2 Å². The molecule has 1 N–H and O–H groups in total. The molecule has 1 heteroatoms. The monoisotopic (exact) mass is 190 g/mol. The molecule has 0 radical (unpaired) electrons. The van der Waals surface area contributed by atoms with E-state index in [0.717, 1.165) is 5.56 Å². The van der Waals surface area contributed by atoms with Crippen molar-refractivity contribution in [3.8, 4) is 0 Å². The fourth-order valence-corrected chi connectivity index (χ4v) is 2.50. The summed E-state index contributed by atoms with van der Waals surface area (Å²) in [6, 6.07) is 10.0. The summed E-state index contributed by atoms with van der Waals surface area (Å²) < 4.78 is 0. The maximum atomic E-state index is 10.5. The highest BCUT2D eigenvalue weighted by Gasteiger charge is 2.35. The van der Waals surface area contributed by atoms with Crippen molar-refractivity contribution in [3.63, 3.8) is 0 Å². The van der Waals surface area contributed by atoms with Crippen LogP contribution in [0.25, 0.3) is 0 Å². The van der Waals surface area contributed by atoms with Gasteiger partial charge in [0.05, 0.1) is 5.60 Å². The van der Waals surface area contributed by atoms with Crippen LogP contribution in [0.15, 0.2) is 30.3 Å². The fourth-order valence-electron chi connectivity index (χ4n) is 2.50. The molecule has 0 bridgehead atoms. The van der Waals surface area contributed by atoms with Crippen molar-refractivity contribution in [2.75, 3.05) is 0 Å². The van der Waals surface area contributed by atoms with E-state index < -0.39 is 5.60 Å². The van der Waals surface area contributed by atoms with Crippen molar-refractivity contribution >= 4 is 0 Å². The Morgan fingerprint density at radius 3 is 2.29 bits per heavy atom. The SMILES string of the molecule is C[C@](O)(c1ccccc1)C1CCCC1. The first-order chi connectivity index (χ1) is 6.71. The lowest BCUT2D eigenvalue weighted by atomic mass is 9.82. The Balaban J connectivity index is 2.22. The smallest absolute Gasteiger partial charge is 0.0896 e. The second-order valence-electron chi connectivity index (χ2n) is 4.49. The van der Waals surface area contributed by atoms with Crippen LogP contribution in [0.5, 0.6) is 0 Å². The van der Waals surface area contributed by atoms with Crippen LogP contribution in [0, 0.1) is 5.92 Å². The molecule has 1 aromatic carbocycles. The molecule has 1 aliphatic carbocycles. The van der Waals surface area contributed by atoms with E-state index in [2.05, 4.69) is 0 Å². The summed E-state index contributed by atoms with van der Waals surface area (Å²) in [5, 5.41) is 10.5. The van der Waals surface area contributed by atoms with Gasteiger partial charge in [0, 0.05) is 0 Å². The van der Waals surface area contributed by atoms with Crippen LogP contribution in [0.3, 0.4) is 0 Å². The average molecular weight is 190 g/mol. The molecule has 14 heavy (non-hydrogen) atoms. The highest BCUT2D eigenvalue weighted by atomic mass is 16.3. The van der Waals surface area contributed by atoms with E-state index in [-0.39, 0.29) is 0 Å². The minimum absolute atomic E-state index is 0.449. The quantitative estimate of drug-likeness (QED) is 0.759. The molecule has 0 amide bonds. The van der Waals surface area contributed by atoms with Gasteiger partial charge in [-0.1, -0.05) is 43.2 Å². The van der Waals surface area contributed by atoms with E-state index in [1.165, 1.54) is 25.7 Å². The zero-order chi connectivity index (χ0) is 10.0. The maximum Gasteiger partial charge on any atom is 0.0896 e. The standard InChI is InChI=1S/C13H18O/c1-13(14,12-9-5-6-10-12)11-7-3-2-4-8-11/h2-4,7-8,12,14H,5-6,9-10H2,1H3/t13-/m0/s1. The van der Waals surface area contributed by atoms with E-state index >= 15 is 0 Å². The Morgan fingerprint density at radius 1 is 1.14 bits per heavy atom. The van der Waals surface area contributed by atoms with Gasteiger partial charge in [-0.3, -0.25) is 0 Å². The molecule has 0 aromatic heterocycles. The van der Waals surface area contributed by atoms with Gasteiger partial charge in [-0.05, 0) is 31.2 Å². The number of benzene rings is 1. The van der Waals surface area contributed by atoms with E-state index in [9.17, 15) is 5.11 Å². The van der Waals surface area contributed by atoms with Crippen LogP contribution >= 0.6 is 0 Å². The first-order valence-electron chi connectivity index (χ1n) is 5.49. The number of hydrogen-bond donors (Lipinski definition) is 1. The second-order valence-corrected chi connectivity index (χ2v) is 4.49. The van der Waals surface area contributed by atoms with Crippen molar-refractivity contribution in [2.24, 2.45) is 5.92 Å². The Hall–Kier alpha value is -0.820. The van der Waals surface area contributed by atoms with Gasteiger partial charge in [0.1, 0.15) is 0 Å². The highest BCUT2D eigenvalue weighted by molar-refractivity contribution is 5.22. The minimum Gasteiger partial charge on any atom is -0.385 e. The first kappa shape index (κ1) is 9.72. The molecule has 1 saturated carbocycles. The number of rotatable bonds is 2. The summed E-state index contributed by atoms with van der Waals surface area (Å²) in [6.07, 6.45) is 4.88. The number of hydrogen-bond acceptors (Lipinski definition) is 1. The second kappa shape index (κ2) is 3.74. The molecular formula is C13H18O. The summed E-state index contributed by atoms with van der Waals surface area (Å²) in [6.45, 7) is 1.96. The summed E-state index contributed by atoms with van der Waals surface area (Å²) in [5.41, 5.74) is 0.435. The zero-order valence-electron chi connectivity index (χ0n) is 8.74. The normalized spacial score (nSPS) is 22.1. The fraction of sp³-hybridized carbons (Fsp3) is 0.538. The molecule has 1 aromatic rings. The van der Waals surface area contributed by atoms with Gasteiger partial charge in [-0.15, -0.1) is 0 Å². The van der Waals surface area contributed by atoms with E-state index in [1.54, 1.807) is 0 Å². The summed E-state index contributed by atoms with van der Waals surface area (Å²) in [7, 11) is 0. The Labute approximate surface area is 85.8 Å². The van der Waals surface area contributed by atoms with Crippen LogP contribution < -0.4 is 0 Å². The van der Waals surface area contributed by atoms with E-state index in [0.29, 0.717) is 5.92 Å². The van der Waals surface area contributed by atoms with Gasteiger partial charge in [0.15, 0.2) is 0 Å². The van der Waals surface area contributed by atoms with E-state index in [1.807, 2.05) is 37.3 Å². The average Bonchev–Trinajstić information content (AvgIpc) is 2.72. The van der Waals surface area contributed by atoms with Crippen molar-refractivity contribution in [1.29, 1.82) is 0 Å². The Kier molecular flexibility index (Phi) is 2.60. The topological polar surface area (TPSA) is 20.2 Å². The number of aliphatic hydroxyl groups is 1. The molecule has 0 spiro atoms. The molecule has 0 aliphatic heterocycles. The van der Waals surface area contributed by atoms with E-state index in [4.69, 9.17) is 0 Å². The van der Waals surface area contributed by atoms with Crippen LogP contribution in [-0.2, 0) is 5.60 Å². The van der Waals surface area contributed by atoms with Gasteiger partial charge in [0.25, 0.3) is 0 Å². The molecule has 1 aliphatic rings. The summed E-state index contributed by atoms with van der Waals surface area (Å²) in [4.78, 5) is 0. The predicted octanol–water partition coefficient (Wildman–Crippen LogP) is 3.08. The summed E-state index contributed by atoms with van der Waals surface area (Å²) in [5.74, 6) is 0.449. The molecule has 76 valence electrons. The van der Waals surface area contributed by atoms with Crippen molar-refractivity contribution in [3.05, 3.63) is 35.9 Å². The van der Waals surface area contributed by atoms with Crippen LogP contribution in [0.2, 0.25) is 0 Å². The maximum absolute atomic E-state index is 10.5. The Morgan fingerprint density at radius 2 is 1.71 bits per heavy atom. The van der Waals surface area contributed by atoms with Crippen LogP contribution in [-0.4, -0.2) is 5.11 Å². The van der Waals surface area contributed by atoms with Crippen molar-refractivity contribution in [1.82, 2.24) is 0 Å². The lowest BCUT2D eigenvalue weighted by Crippen LogP contribution is -2.29. The third kappa shape index (κ3) is 1.69. The lowest BCUT2D eigenvalue weighted by Gasteiger charge is -2.30. The Bertz CT molecular complexity index is 283. The largest absolute Gasteiger partial charge is 0.385 e. The third-order valence-corrected chi connectivity index (χ3v) is 3.51. The van der Waals surface area contributed by atoms with Gasteiger partial charge in [0.2, 0.25) is 0 Å². The first-order valence-corrected chi connectivity index (χ1v) is 5.49. The van der Waals surface area contributed by atoms with Gasteiger partial charge in [-0.25, -0.2) is 0 Å².